The van der Waals surface area contributed by atoms with Crippen LogP contribution in [0, 0.1) is 6.92 Å². The Hall–Kier alpha value is -2.88. The monoisotopic (exact) mass is 633 g/mol. The molecule has 2 atom stereocenters. The minimum Gasteiger partial charge on any atom is -0.352 e. The van der Waals surface area contributed by atoms with Gasteiger partial charge >= 0.3 is 0 Å². The van der Waals surface area contributed by atoms with E-state index in [9.17, 15) is 18.0 Å². The molecule has 0 saturated heterocycles. The van der Waals surface area contributed by atoms with Crippen molar-refractivity contribution in [1.82, 2.24) is 10.2 Å². The van der Waals surface area contributed by atoms with Gasteiger partial charge in [0.05, 0.1) is 10.6 Å². The maximum Gasteiger partial charge on any atom is 0.264 e. The SMILES string of the molecule is CC[C@@H](C)NC(=O)[C@@H](C)N(Cc1cccc(Br)c1)C(=O)CN(c1cccc(C)c1)S(=O)(=O)c1ccc(Cl)cc1. The topological polar surface area (TPSA) is 86.8 Å². The minimum atomic E-state index is -4.15. The first-order chi connectivity index (χ1) is 18.4. The summed E-state index contributed by atoms with van der Waals surface area (Å²) in [6, 6.07) is 19.2. The number of rotatable bonds is 11. The maximum absolute atomic E-state index is 13.9. The third-order valence-corrected chi connectivity index (χ3v) is 8.91. The second-order valence-electron chi connectivity index (χ2n) is 9.45. The van der Waals surface area contributed by atoms with Crippen molar-refractivity contribution in [3.05, 3.63) is 93.4 Å². The van der Waals surface area contributed by atoms with E-state index >= 15 is 0 Å². The molecule has 3 rings (SSSR count). The molecule has 0 radical (unpaired) electrons. The van der Waals surface area contributed by atoms with Crippen LogP contribution in [0.2, 0.25) is 5.02 Å². The van der Waals surface area contributed by atoms with Crippen molar-refractivity contribution in [2.75, 3.05) is 10.8 Å². The molecule has 3 aromatic carbocycles. The molecule has 0 aliphatic rings. The van der Waals surface area contributed by atoms with Gasteiger partial charge in [-0.2, -0.15) is 0 Å². The van der Waals surface area contributed by atoms with E-state index in [0.29, 0.717) is 10.7 Å². The first kappa shape index (κ1) is 30.7. The summed E-state index contributed by atoms with van der Waals surface area (Å²) < 4.78 is 29.6. The average Bonchev–Trinajstić information content (AvgIpc) is 2.89. The molecule has 0 aliphatic heterocycles. The molecule has 0 unspecified atom stereocenters. The van der Waals surface area contributed by atoms with Gasteiger partial charge in [-0.3, -0.25) is 13.9 Å². The van der Waals surface area contributed by atoms with E-state index in [2.05, 4.69) is 21.2 Å². The van der Waals surface area contributed by atoms with E-state index in [1.165, 1.54) is 29.2 Å². The highest BCUT2D eigenvalue weighted by Crippen LogP contribution is 2.26. The Balaban J connectivity index is 2.03. The standard InChI is InChI=1S/C29H33BrClN3O4S/c1-5-21(3)32-29(36)22(4)33(18-23-9-7-10-24(30)17-23)28(35)19-34(26-11-6-8-20(2)16-26)39(37,38)27-14-12-25(31)13-15-27/h6-17,21-22H,5,18-19H2,1-4H3,(H,32,36)/t21-,22-/m1/s1. The van der Waals surface area contributed by atoms with Crippen LogP contribution in [-0.4, -0.2) is 43.8 Å². The van der Waals surface area contributed by atoms with Crippen molar-refractivity contribution in [2.24, 2.45) is 0 Å². The Morgan fingerprint density at radius 1 is 1.00 bits per heavy atom. The van der Waals surface area contributed by atoms with Gasteiger partial charge < -0.3 is 10.2 Å². The molecule has 10 heteroatoms. The van der Waals surface area contributed by atoms with Crippen LogP contribution in [0.25, 0.3) is 0 Å². The largest absolute Gasteiger partial charge is 0.352 e. The Morgan fingerprint density at radius 3 is 2.28 bits per heavy atom. The average molecular weight is 635 g/mol. The van der Waals surface area contributed by atoms with Crippen molar-refractivity contribution >= 4 is 55.1 Å². The van der Waals surface area contributed by atoms with Crippen LogP contribution in [0.1, 0.15) is 38.3 Å². The van der Waals surface area contributed by atoms with E-state index in [4.69, 9.17) is 11.6 Å². The van der Waals surface area contributed by atoms with E-state index in [1.807, 2.05) is 51.1 Å². The van der Waals surface area contributed by atoms with Crippen LogP contribution in [0.4, 0.5) is 5.69 Å². The van der Waals surface area contributed by atoms with Gasteiger partial charge in [0, 0.05) is 22.1 Å². The van der Waals surface area contributed by atoms with Gasteiger partial charge in [-0.05, 0) is 86.8 Å². The highest BCUT2D eigenvalue weighted by atomic mass is 79.9. The van der Waals surface area contributed by atoms with E-state index in [1.54, 1.807) is 25.1 Å². The summed E-state index contributed by atoms with van der Waals surface area (Å²) in [7, 11) is -4.15. The molecule has 2 amide bonds. The Labute approximate surface area is 244 Å². The van der Waals surface area contributed by atoms with Crippen molar-refractivity contribution in [3.8, 4) is 0 Å². The second-order valence-corrected chi connectivity index (χ2v) is 12.7. The number of carbonyl (C=O) groups is 2. The number of anilines is 1. The van der Waals surface area contributed by atoms with Gasteiger partial charge in [-0.15, -0.1) is 0 Å². The summed E-state index contributed by atoms with van der Waals surface area (Å²) in [6.45, 7) is 6.97. The van der Waals surface area contributed by atoms with Crippen LogP contribution >= 0.6 is 27.5 Å². The Kier molecular flexibility index (Phi) is 10.6. The first-order valence-electron chi connectivity index (χ1n) is 12.6. The number of hydrogen-bond donors (Lipinski definition) is 1. The van der Waals surface area contributed by atoms with E-state index < -0.39 is 28.5 Å². The van der Waals surface area contributed by atoms with Crippen molar-refractivity contribution in [2.45, 2.75) is 57.6 Å². The lowest BCUT2D eigenvalue weighted by atomic mass is 10.1. The minimum absolute atomic E-state index is 0.00214. The molecular weight excluding hydrogens is 602 g/mol. The highest BCUT2D eigenvalue weighted by molar-refractivity contribution is 9.10. The predicted octanol–water partition coefficient (Wildman–Crippen LogP) is 5.94. The number of benzene rings is 3. The molecule has 3 aromatic rings. The molecular formula is C29H33BrClN3O4S. The zero-order valence-corrected chi connectivity index (χ0v) is 25.6. The van der Waals surface area contributed by atoms with Gasteiger partial charge in [-0.1, -0.05) is 58.7 Å². The molecule has 39 heavy (non-hydrogen) atoms. The fraction of sp³-hybridized carbons (Fsp3) is 0.310. The summed E-state index contributed by atoms with van der Waals surface area (Å²) >= 11 is 9.45. The zero-order chi connectivity index (χ0) is 28.7. The molecule has 0 aromatic heterocycles. The van der Waals surface area contributed by atoms with Gasteiger partial charge in [-0.25, -0.2) is 8.42 Å². The van der Waals surface area contributed by atoms with Gasteiger partial charge in [0.2, 0.25) is 11.8 Å². The number of nitrogens with one attached hydrogen (secondary N) is 1. The van der Waals surface area contributed by atoms with Crippen LogP contribution < -0.4 is 9.62 Å². The highest BCUT2D eigenvalue weighted by Gasteiger charge is 2.32. The summed E-state index contributed by atoms with van der Waals surface area (Å²) in [5.74, 6) is -0.823. The van der Waals surface area contributed by atoms with Crippen LogP contribution in [0.5, 0.6) is 0 Å². The van der Waals surface area contributed by atoms with Crippen molar-refractivity contribution in [1.29, 1.82) is 0 Å². The third kappa shape index (κ3) is 8.06. The lowest BCUT2D eigenvalue weighted by molar-refractivity contribution is -0.139. The summed E-state index contributed by atoms with van der Waals surface area (Å²) in [6.07, 6.45) is 0.735. The van der Waals surface area contributed by atoms with Gasteiger partial charge in [0.1, 0.15) is 12.6 Å². The van der Waals surface area contributed by atoms with Crippen LogP contribution in [-0.2, 0) is 26.2 Å². The Bertz CT molecular complexity index is 1420. The molecule has 208 valence electrons. The number of nitrogens with zero attached hydrogens (tertiary/aromatic N) is 2. The summed E-state index contributed by atoms with van der Waals surface area (Å²) in [5, 5.41) is 3.33. The fourth-order valence-corrected chi connectivity index (χ4v) is 5.90. The third-order valence-electron chi connectivity index (χ3n) is 6.38. The quantitative estimate of drug-likeness (QED) is 0.283. The normalized spacial score (nSPS) is 12.9. The molecule has 7 nitrogen and oxygen atoms in total. The smallest absolute Gasteiger partial charge is 0.264 e. The van der Waals surface area contributed by atoms with Gasteiger partial charge in [0.15, 0.2) is 0 Å². The number of hydrogen-bond acceptors (Lipinski definition) is 4. The molecule has 0 aliphatic carbocycles. The number of carbonyl (C=O) groups excluding carboxylic acids is 2. The van der Waals surface area contributed by atoms with E-state index in [-0.39, 0.29) is 23.4 Å². The molecule has 0 spiro atoms. The number of halogens is 2. The van der Waals surface area contributed by atoms with Crippen LogP contribution in [0.3, 0.4) is 0 Å². The zero-order valence-electron chi connectivity index (χ0n) is 22.4. The number of amides is 2. The molecule has 0 bridgehead atoms. The first-order valence-corrected chi connectivity index (χ1v) is 15.2. The number of sulfonamides is 1. The fourth-order valence-electron chi connectivity index (χ4n) is 3.93. The molecule has 0 saturated carbocycles. The lowest BCUT2D eigenvalue weighted by Crippen LogP contribution is -2.52. The molecule has 1 N–H and O–H groups in total. The summed E-state index contributed by atoms with van der Waals surface area (Å²) in [5.41, 5.74) is 1.98. The van der Waals surface area contributed by atoms with Gasteiger partial charge in [0.25, 0.3) is 10.0 Å². The summed E-state index contributed by atoms with van der Waals surface area (Å²) in [4.78, 5) is 28.5. The maximum atomic E-state index is 13.9. The Morgan fingerprint density at radius 2 is 1.67 bits per heavy atom. The predicted molar refractivity (Wildman–Crippen MR) is 159 cm³/mol. The van der Waals surface area contributed by atoms with Crippen molar-refractivity contribution in [3.63, 3.8) is 0 Å². The lowest BCUT2D eigenvalue weighted by Gasteiger charge is -2.32. The second kappa shape index (κ2) is 13.5. The van der Waals surface area contributed by atoms with E-state index in [0.717, 1.165) is 26.3 Å². The van der Waals surface area contributed by atoms with Crippen molar-refractivity contribution < 1.29 is 18.0 Å². The van der Waals surface area contributed by atoms with Crippen LogP contribution in [0.15, 0.2) is 82.2 Å². The molecule has 0 fully saturated rings. The number of aryl methyl sites for hydroxylation is 1. The molecule has 0 heterocycles.